The van der Waals surface area contributed by atoms with Gasteiger partial charge < -0.3 is 20.3 Å². The zero-order valence-corrected chi connectivity index (χ0v) is 26.0. The Morgan fingerprint density at radius 3 is 2.42 bits per heavy atom. The number of carbonyl (C=O) groups is 2. The van der Waals surface area contributed by atoms with Gasteiger partial charge in [-0.1, -0.05) is 66.7 Å². The number of nitrogens with one attached hydrogen (secondary N) is 2. The molecule has 1 aliphatic carbocycles. The van der Waals surface area contributed by atoms with Gasteiger partial charge in [0.2, 0.25) is 15.9 Å². The third-order valence-electron chi connectivity index (χ3n) is 8.06. The van der Waals surface area contributed by atoms with Gasteiger partial charge in [-0.05, 0) is 60.4 Å². The minimum atomic E-state index is -3.74. The van der Waals surface area contributed by atoms with Crippen molar-refractivity contribution in [1.82, 2.24) is 10.0 Å². The first-order valence-electron chi connectivity index (χ1n) is 14.4. The second-order valence-electron chi connectivity index (χ2n) is 11.2. The number of carboxylic acids is 1. The van der Waals surface area contributed by atoms with E-state index in [-0.39, 0.29) is 24.2 Å². The van der Waals surface area contributed by atoms with Gasteiger partial charge in [0.25, 0.3) is 0 Å². The van der Waals surface area contributed by atoms with Crippen molar-refractivity contribution in [3.63, 3.8) is 0 Å². The van der Waals surface area contributed by atoms with Crippen molar-refractivity contribution >= 4 is 44.4 Å². The van der Waals surface area contributed by atoms with Gasteiger partial charge in [0.05, 0.1) is 30.4 Å². The smallest absolute Gasteiger partial charge is 0.306 e. The van der Waals surface area contributed by atoms with E-state index in [2.05, 4.69) is 10.0 Å². The van der Waals surface area contributed by atoms with Gasteiger partial charge in [-0.25, -0.2) is 13.1 Å². The Labute approximate surface area is 257 Å². The number of thioether (sulfide) groups is 1. The number of ether oxygens (including phenoxy) is 1. The minimum absolute atomic E-state index is 0.128. The first-order chi connectivity index (χ1) is 20.5. The summed E-state index contributed by atoms with van der Waals surface area (Å²) in [6.45, 7) is 0. The molecule has 0 aromatic heterocycles. The summed E-state index contributed by atoms with van der Waals surface area (Å²) in [4.78, 5) is 26.7. The Morgan fingerprint density at radius 1 is 1.02 bits per heavy atom. The molecule has 9 nitrogen and oxygen atoms in total. The van der Waals surface area contributed by atoms with Crippen LogP contribution in [0.3, 0.4) is 0 Å². The Bertz CT molecular complexity index is 1480. The quantitative estimate of drug-likeness (QED) is 0.197. The van der Waals surface area contributed by atoms with Gasteiger partial charge >= 0.3 is 5.97 Å². The van der Waals surface area contributed by atoms with Crippen LogP contribution in [0.25, 0.3) is 10.8 Å². The second kappa shape index (κ2) is 15.2. The van der Waals surface area contributed by atoms with Crippen molar-refractivity contribution in [2.75, 3.05) is 19.1 Å². The molecule has 11 heteroatoms. The first-order valence-corrected chi connectivity index (χ1v) is 17.3. The van der Waals surface area contributed by atoms with Crippen molar-refractivity contribution in [2.45, 2.75) is 61.3 Å². The number of carbonyl (C=O) groups excluding carboxylic acids is 1. The van der Waals surface area contributed by atoms with Crippen LogP contribution < -0.4 is 10.0 Å². The van der Waals surface area contributed by atoms with E-state index in [1.54, 1.807) is 7.11 Å². The monoisotopic (exact) mass is 628 g/mol. The number of hydrogen-bond acceptors (Lipinski definition) is 7. The lowest BCUT2D eigenvalue weighted by Crippen LogP contribution is -2.54. The highest BCUT2D eigenvalue weighted by molar-refractivity contribution is 7.99. The third kappa shape index (κ3) is 9.51. The Kier molecular flexibility index (Phi) is 11.6. The van der Waals surface area contributed by atoms with Crippen molar-refractivity contribution < 1.29 is 33.0 Å². The number of fused-ring (bicyclic) bond motifs is 1. The predicted octanol–water partition coefficient (Wildman–Crippen LogP) is 3.84. The fraction of sp³-hybridized carbons (Fsp3) is 0.438. The van der Waals surface area contributed by atoms with Crippen LogP contribution in [0.4, 0.5) is 0 Å². The average molecular weight is 629 g/mol. The maximum absolute atomic E-state index is 13.7. The van der Waals surface area contributed by atoms with Crippen molar-refractivity contribution in [2.24, 2.45) is 11.8 Å². The van der Waals surface area contributed by atoms with Gasteiger partial charge in [-0.3, -0.25) is 9.59 Å². The maximum Gasteiger partial charge on any atom is 0.306 e. The molecule has 0 bridgehead atoms. The van der Waals surface area contributed by atoms with Crippen LogP contribution in [0, 0.1) is 11.8 Å². The molecule has 0 radical (unpaired) electrons. The number of benzene rings is 3. The molecular weight excluding hydrogens is 588 g/mol. The molecular formula is C32H40N2O7S2. The molecule has 0 heterocycles. The number of rotatable bonds is 14. The van der Waals surface area contributed by atoms with Gasteiger partial charge in [0.15, 0.2) is 0 Å². The highest BCUT2D eigenvalue weighted by atomic mass is 32.2. The fourth-order valence-electron chi connectivity index (χ4n) is 5.82. The normalized spacial score (nSPS) is 21.1. The van der Waals surface area contributed by atoms with E-state index in [4.69, 9.17) is 4.74 Å². The van der Waals surface area contributed by atoms with E-state index in [0.717, 1.165) is 27.5 Å². The Balaban J connectivity index is 1.53. The van der Waals surface area contributed by atoms with Gasteiger partial charge in [0.1, 0.15) is 6.04 Å². The van der Waals surface area contributed by atoms with Crippen molar-refractivity contribution in [3.8, 4) is 0 Å². The largest absolute Gasteiger partial charge is 0.481 e. The summed E-state index contributed by atoms with van der Waals surface area (Å²) in [6, 6.07) is 21.2. The molecule has 0 aliphatic heterocycles. The summed E-state index contributed by atoms with van der Waals surface area (Å²) < 4.78 is 32.4. The van der Waals surface area contributed by atoms with Crippen LogP contribution in [0.5, 0.6) is 0 Å². The SMILES string of the molecule is COC1CCC(CC(O)C(Cc2ccccc2)NC(=O)C(CSc2cccc3ccccc23)NS(C)(=O)=O)C(C(=O)O)C1. The Hall–Kier alpha value is -2.96. The van der Waals surface area contributed by atoms with Crippen LogP contribution in [0.2, 0.25) is 0 Å². The van der Waals surface area contributed by atoms with E-state index in [9.17, 15) is 28.2 Å². The van der Waals surface area contributed by atoms with E-state index >= 15 is 0 Å². The number of carboxylic acid groups (broad SMARTS) is 1. The number of aliphatic hydroxyl groups is 1. The van der Waals surface area contributed by atoms with Crippen LogP contribution in [-0.2, 0) is 30.8 Å². The predicted molar refractivity (Wildman–Crippen MR) is 168 cm³/mol. The average Bonchev–Trinajstić information content (AvgIpc) is 2.98. The van der Waals surface area contributed by atoms with E-state index in [0.29, 0.717) is 25.7 Å². The standard InChI is InChI=1S/C32H40N2O7S2/c1-41-24-16-15-23(26(19-24)32(37)38)18-29(35)27(17-21-9-4-3-5-10-21)33-31(36)28(34-43(2,39)40)20-42-30-14-8-12-22-11-6-7-13-25(22)30/h3-14,23-24,26-29,34-35H,15-20H2,1-2H3,(H,33,36)(H,37,38). The Morgan fingerprint density at radius 2 is 1.72 bits per heavy atom. The van der Waals surface area contributed by atoms with Crippen LogP contribution in [0.15, 0.2) is 77.7 Å². The van der Waals surface area contributed by atoms with Crippen LogP contribution in [0.1, 0.15) is 31.2 Å². The molecule has 1 saturated carbocycles. The third-order valence-corrected chi connectivity index (χ3v) is 9.94. The van der Waals surface area contributed by atoms with Gasteiger partial charge in [-0.2, -0.15) is 0 Å². The van der Waals surface area contributed by atoms with Crippen LogP contribution >= 0.6 is 11.8 Å². The molecule has 1 fully saturated rings. The molecule has 1 aliphatic rings. The van der Waals surface area contributed by atoms with Crippen molar-refractivity contribution in [1.29, 1.82) is 0 Å². The maximum atomic E-state index is 13.7. The lowest BCUT2D eigenvalue weighted by Gasteiger charge is -2.36. The minimum Gasteiger partial charge on any atom is -0.481 e. The summed E-state index contributed by atoms with van der Waals surface area (Å²) in [5.41, 5.74) is 0.877. The number of hydrogen-bond donors (Lipinski definition) is 4. The molecule has 0 saturated heterocycles. The lowest BCUT2D eigenvalue weighted by atomic mass is 9.74. The van der Waals surface area contributed by atoms with Gasteiger partial charge in [-0.15, -0.1) is 11.8 Å². The molecule has 1 amide bonds. The highest BCUT2D eigenvalue weighted by Gasteiger charge is 2.38. The van der Waals surface area contributed by atoms with Gasteiger partial charge in [0, 0.05) is 17.8 Å². The van der Waals surface area contributed by atoms with E-state index in [1.165, 1.54) is 11.8 Å². The van der Waals surface area contributed by atoms with E-state index in [1.807, 2.05) is 72.8 Å². The van der Waals surface area contributed by atoms with E-state index < -0.39 is 46.0 Å². The zero-order chi connectivity index (χ0) is 31.0. The highest BCUT2D eigenvalue weighted by Crippen LogP contribution is 2.35. The summed E-state index contributed by atoms with van der Waals surface area (Å²) in [6.07, 6.45) is 1.92. The lowest BCUT2D eigenvalue weighted by molar-refractivity contribution is -0.148. The number of aliphatic hydroxyl groups excluding tert-OH is 1. The second-order valence-corrected chi connectivity index (χ2v) is 14.1. The summed E-state index contributed by atoms with van der Waals surface area (Å²) in [7, 11) is -2.17. The molecule has 4 N–H and O–H groups in total. The number of sulfonamides is 1. The van der Waals surface area contributed by atoms with Crippen LogP contribution in [-0.4, -0.2) is 73.9 Å². The van der Waals surface area contributed by atoms with Crippen molar-refractivity contribution in [3.05, 3.63) is 78.4 Å². The summed E-state index contributed by atoms with van der Waals surface area (Å²) >= 11 is 1.37. The number of methoxy groups -OCH3 is 1. The topological polar surface area (TPSA) is 142 Å². The molecule has 4 rings (SSSR count). The first kappa shape index (κ1) is 32.9. The molecule has 3 aromatic rings. The summed E-state index contributed by atoms with van der Waals surface area (Å²) in [5.74, 6) is -2.32. The molecule has 6 unspecified atom stereocenters. The summed E-state index contributed by atoms with van der Waals surface area (Å²) in [5, 5.41) is 26.3. The fourth-order valence-corrected chi connectivity index (χ4v) is 7.73. The molecule has 3 aromatic carbocycles. The molecule has 232 valence electrons. The molecule has 0 spiro atoms. The number of amides is 1. The number of aliphatic carboxylic acids is 1. The zero-order valence-electron chi connectivity index (χ0n) is 24.4. The molecule has 6 atom stereocenters. The molecule has 43 heavy (non-hydrogen) atoms.